The molecule has 3 aromatic rings. The molecule has 0 spiro atoms. The Morgan fingerprint density at radius 1 is 0.966 bits per heavy atom. The summed E-state index contributed by atoms with van der Waals surface area (Å²) in [6.45, 7) is 0.923. The Hall–Kier alpha value is -3.81. The van der Waals surface area contributed by atoms with Crippen molar-refractivity contribution in [3.8, 4) is 11.5 Å². The fraction of sp³-hybridized carbons (Fsp3) is 0.190. The summed E-state index contributed by atoms with van der Waals surface area (Å²) in [5, 5.41) is 14.7. The van der Waals surface area contributed by atoms with Gasteiger partial charge in [0, 0.05) is 43.7 Å². The van der Waals surface area contributed by atoms with Crippen molar-refractivity contribution in [2.24, 2.45) is 7.05 Å². The highest BCUT2D eigenvalue weighted by molar-refractivity contribution is 5.95. The van der Waals surface area contributed by atoms with Gasteiger partial charge in [0.2, 0.25) is 0 Å². The van der Waals surface area contributed by atoms with Gasteiger partial charge in [0.05, 0.1) is 0 Å². The summed E-state index contributed by atoms with van der Waals surface area (Å²) in [6, 6.07) is 12.8. The highest BCUT2D eigenvalue weighted by atomic mass is 16.5. The van der Waals surface area contributed by atoms with Gasteiger partial charge < -0.3 is 25.0 Å². The summed E-state index contributed by atoms with van der Waals surface area (Å²) in [6.07, 6.45) is 3.55. The van der Waals surface area contributed by atoms with E-state index >= 15 is 0 Å². The zero-order chi connectivity index (χ0) is 20.6. The number of carbonyl (C=O) groups excluding carboxylic acids is 2. The van der Waals surface area contributed by atoms with Gasteiger partial charge in [-0.3, -0.25) is 9.59 Å². The van der Waals surface area contributed by atoms with E-state index in [9.17, 15) is 14.7 Å². The molecule has 150 valence electrons. The van der Waals surface area contributed by atoms with E-state index in [1.165, 1.54) is 24.3 Å². The maximum Gasteiger partial charge on any atom is 0.251 e. The van der Waals surface area contributed by atoms with E-state index in [0.717, 1.165) is 5.82 Å². The Bertz CT molecular complexity index is 965. The molecule has 0 fully saturated rings. The fourth-order valence-electron chi connectivity index (χ4n) is 2.55. The number of phenolic OH excluding ortho intramolecular Hbond substituents is 1. The van der Waals surface area contributed by atoms with Crippen LogP contribution in [0.15, 0.2) is 60.9 Å². The topological polar surface area (TPSA) is 105 Å². The number of nitrogens with zero attached hydrogens (tertiary/aromatic N) is 2. The molecule has 0 radical (unpaired) electrons. The molecular formula is C21H22N4O4. The van der Waals surface area contributed by atoms with Crippen molar-refractivity contribution in [1.29, 1.82) is 0 Å². The standard InChI is InChI=1S/C21H22N4O4/c1-25-13-12-22-19(25)14-29-18-8-4-16(5-9-18)21(28)24-11-10-23-20(27)15-2-6-17(26)7-3-15/h2-9,12-13,26H,10-11,14H2,1H3,(H,23,27)(H,24,28). The lowest BCUT2D eigenvalue weighted by molar-refractivity contribution is 0.0927. The number of aromatic hydroxyl groups is 1. The summed E-state index contributed by atoms with van der Waals surface area (Å²) < 4.78 is 7.54. The van der Waals surface area contributed by atoms with Gasteiger partial charge in [-0.25, -0.2) is 4.98 Å². The van der Waals surface area contributed by atoms with E-state index < -0.39 is 0 Å². The second-order valence-corrected chi connectivity index (χ2v) is 6.33. The molecule has 3 N–H and O–H groups in total. The molecule has 0 aliphatic rings. The number of benzene rings is 2. The molecule has 3 rings (SSSR count). The number of carbonyl (C=O) groups is 2. The van der Waals surface area contributed by atoms with E-state index in [2.05, 4.69) is 15.6 Å². The van der Waals surface area contributed by atoms with Crippen molar-refractivity contribution in [2.45, 2.75) is 6.61 Å². The first-order valence-corrected chi connectivity index (χ1v) is 9.07. The van der Waals surface area contributed by atoms with Crippen LogP contribution >= 0.6 is 0 Å². The molecule has 2 aromatic carbocycles. The average molecular weight is 394 g/mol. The molecule has 0 atom stereocenters. The van der Waals surface area contributed by atoms with Gasteiger partial charge in [-0.1, -0.05) is 0 Å². The SMILES string of the molecule is Cn1ccnc1COc1ccc(C(=O)NCCNC(=O)c2ccc(O)cc2)cc1. The number of hydrogen-bond donors (Lipinski definition) is 3. The van der Waals surface area contributed by atoms with Crippen molar-refractivity contribution in [3.63, 3.8) is 0 Å². The first kappa shape index (κ1) is 19.9. The van der Waals surface area contributed by atoms with Crippen LogP contribution in [-0.4, -0.2) is 39.6 Å². The van der Waals surface area contributed by atoms with Gasteiger partial charge in [-0.15, -0.1) is 0 Å². The number of aryl methyl sites for hydroxylation is 1. The van der Waals surface area contributed by atoms with Gasteiger partial charge in [0.1, 0.15) is 23.9 Å². The van der Waals surface area contributed by atoms with Gasteiger partial charge in [0.25, 0.3) is 11.8 Å². The molecule has 1 aromatic heterocycles. The third kappa shape index (κ3) is 5.58. The number of hydrogen-bond acceptors (Lipinski definition) is 5. The number of aromatic nitrogens is 2. The van der Waals surface area contributed by atoms with Crippen LogP contribution in [0.4, 0.5) is 0 Å². The Kier molecular flexibility index (Phi) is 6.47. The molecular weight excluding hydrogens is 372 g/mol. The van der Waals surface area contributed by atoms with Gasteiger partial charge in [-0.05, 0) is 48.5 Å². The predicted octanol–water partition coefficient (Wildman–Crippen LogP) is 1.86. The predicted molar refractivity (Wildman–Crippen MR) is 107 cm³/mol. The number of imidazole rings is 1. The molecule has 8 nitrogen and oxygen atoms in total. The monoisotopic (exact) mass is 394 g/mol. The molecule has 0 bridgehead atoms. The first-order valence-electron chi connectivity index (χ1n) is 9.07. The minimum absolute atomic E-state index is 0.0990. The molecule has 0 saturated heterocycles. The van der Waals surface area contributed by atoms with E-state index in [-0.39, 0.29) is 24.1 Å². The lowest BCUT2D eigenvalue weighted by Crippen LogP contribution is -2.34. The number of nitrogens with one attached hydrogen (secondary N) is 2. The van der Waals surface area contributed by atoms with Crippen LogP contribution in [0.1, 0.15) is 26.5 Å². The molecule has 0 aliphatic heterocycles. The van der Waals surface area contributed by atoms with Crippen molar-refractivity contribution >= 4 is 11.8 Å². The largest absolute Gasteiger partial charge is 0.508 e. The van der Waals surface area contributed by atoms with Crippen LogP contribution in [0.3, 0.4) is 0 Å². The zero-order valence-electron chi connectivity index (χ0n) is 16.0. The summed E-state index contributed by atoms with van der Waals surface area (Å²) in [7, 11) is 1.90. The average Bonchev–Trinajstić information content (AvgIpc) is 3.15. The lowest BCUT2D eigenvalue weighted by atomic mass is 10.2. The van der Waals surface area contributed by atoms with Crippen LogP contribution < -0.4 is 15.4 Å². The number of phenols is 1. The van der Waals surface area contributed by atoms with Gasteiger partial charge in [0.15, 0.2) is 0 Å². The number of rotatable bonds is 8. The second kappa shape index (κ2) is 9.41. The Labute approximate surface area is 168 Å². The highest BCUT2D eigenvalue weighted by Crippen LogP contribution is 2.14. The molecule has 1 heterocycles. The van der Waals surface area contributed by atoms with Crippen LogP contribution in [-0.2, 0) is 13.7 Å². The highest BCUT2D eigenvalue weighted by Gasteiger charge is 2.08. The van der Waals surface area contributed by atoms with E-state index in [4.69, 9.17) is 4.74 Å². The molecule has 0 unspecified atom stereocenters. The first-order chi connectivity index (χ1) is 14.0. The van der Waals surface area contributed by atoms with Crippen molar-refractivity contribution in [1.82, 2.24) is 20.2 Å². The summed E-state index contributed by atoms with van der Waals surface area (Å²) >= 11 is 0. The minimum Gasteiger partial charge on any atom is -0.508 e. The summed E-state index contributed by atoms with van der Waals surface area (Å²) in [5.74, 6) is 1.04. The number of amides is 2. The van der Waals surface area contributed by atoms with Crippen LogP contribution in [0.5, 0.6) is 11.5 Å². The zero-order valence-corrected chi connectivity index (χ0v) is 16.0. The molecule has 8 heteroatoms. The van der Waals surface area contributed by atoms with Crippen LogP contribution in [0.2, 0.25) is 0 Å². The van der Waals surface area contributed by atoms with Crippen molar-refractivity contribution < 1.29 is 19.4 Å². The summed E-state index contributed by atoms with van der Waals surface area (Å²) in [5.41, 5.74) is 0.939. The summed E-state index contributed by atoms with van der Waals surface area (Å²) in [4.78, 5) is 28.3. The second-order valence-electron chi connectivity index (χ2n) is 6.33. The molecule has 0 aliphatic carbocycles. The van der Waals surface area contributed by atoms with E-state index in [0.29, 0.717) is 30.0 Å². The fourth-order valence-corrected chi connectivity index (χ4v) is 2.55. The third-order valence-corrected chi connectivity index (χ3v) is 4.23. The molecule has 29 heavy (non-hydrogen) atoms. The normalized spacial score (nSPS) is 10.4. The van der Waals surface area contributed by atoms with Gasteiger partial charge in [-0.2, -0.15) is 0 Å². The van der Waals surface area contributed by atoms with Crippen molar-refractivity contribution in [2.75, 3.05) is 13.1 Å². The quantitative estimate of drug-likeness (QED) is 0.506. The molecule has 0 saturated carbocycles. The third-order valence-electron chi connectivity index (χ3n) is 4.23. The van der Waals surface area contributed by atoms with Crippen LogP contribution in [0, 0.1) is 0 Å². The maximum absolute atomic E-state index is 12.2. The number of ether oxygens (including phenoxy) is 1. The Balaban J connectivity index is 1.40. The Morgan fingerprint density at radius 3 is 2.03 bits per heavy atom. The van der Waals surface area contributed by atoms with Crippen LogP contribution in [0.25, 0.3) is 0 Å². The van der Waals surface area contributed by atoms with E-state index in [1.54, 1.807) is 30.5 Å². The maximum atomic E-state index is 12.2. The molecule has 2 amide bonds. The van der Waals surface area contributed by atoms with Gasteiger partial charge >= 0.3 is 0 Å². The van der Waals surface area contributed by atoms with Crippen molar-refractivity contribution in [3.05, 3.63) is 77.9 Å². The smallest absolute Gasteiger partial charge is 0.251 e. The van der Waals surface area contributed by atoms with E-state index in [1.807, 2.05) is 17.8 Å². The minimum atomic E-state index is -0.270. The lowest BCUT2D eigenvalue weighted by Gasteiger charge is -2.09. The Morgan fingerprint density at radius 2 is 1.52 bits per heavy atom.